The van der Waals surface area contributed by atoms with Gasteiger partial charge >= 0.3 is 12.1 Å². The van der Waals surface area contributed by atoms with E-state index >= 15 is 0 Å². The molecule has 180 valence electrons. The van der Waals surface area contributed by atoms with E-state index in [0.29, 0.717) is 30.1 Å². The van der Waals surface area contributed by atoms with Crippen molar-refractivity contribution in [2.24, 2.45) is 11.8 Å². The number of alkyl halides is 3. The highest BCUT2D eigenvalue weighted by atomic mass is 19.4. The number of likely N-dealkylation sites (tertiary alicyclic amines) is 2. The predicted octanol–water partition coefficient (Wildman–Crippen LogP) is 4.72. The van der Waals surface area contributed by atoms with E-state index in [0.717, 1.165) is 68.3 Å². The molecule has 2 saturated heterocycles. The van der Waals surface area contributed by atoms with E-state index < -0.39 is 23.2 Å². The topological polar surface area (TPSA) is 59.6 Å². The molecule has 0 saturated carbocycles. The van der Waals surface area contributed by atoms with Crippen LogP contribution in [0.2, 0.25) is 0 Å². The molecule has 0 bridgehead atoms. The van der Waals surface area contributed by atoms with Gasteiger partial charge in [0.15, 0.2) is 0 Å². The number of fused-ring (bicyclic) bond motifs is 4. The zero-order chi connectivity index (χ0) is 23.5. The summed E-state index contributed by atoms with van der Waals surface area (Å²) in [5.41, 5.74) is 1.53. The summed E-state index contributed by atoms with van der Waals surface area (Å²) in [5, 5.41) is 10.6. The van der Waals surface area contributed by atoms with Gasteiger partial charge in [0, 0.05) is 29.7 Å². The molecule has 2 N–H and O–H groups in total. The minimum atomic E-state index is -4.35. The molecular formula is C25H32F3N3O2. The number of nitrogens with zero attached hydrogens (tertiary/aromatic N) is 2. The van der Waals surface area contributed by atoms with Crippen LogP contribution in [0.25, 0.3) is 10.9 Å². The maximum absolute atomic E-state index is 13.3. The van der Waals surface area contributed by atoms with E-state index in [1.165, 1.54) is 6.07 Å². The number of carboxylic acids is 1. The molecule has 5 rings (SSSR count). The standard InChI is InChI=1S/C25H32F3N3O2/c1-15-19-14-31(11-8-24(23(32)33)7-3-9-30(24)2)10-6-16(19)12-21-22(15)18-13-17(25(26,27)28)4-5-20(18)29-21/h4-5,13,15-16,19,29H,3,6-12,14H2,1-2H3,(H,32,33)/t15-,16-,19-,24?/m1/s1. The highest BCUT2D eigenvalue weighted by molar-refractivity contribution is 5.86. The second-order valence-corrected chi connectivity index (χ2v) is 10.4. The van der Waals surface area contributed by atoms with Crippen LogP contribution in [0.3, 0.4) is 0 Å². The summed E-state index contributed by atoms with van der Waals surface area (Å²) in [5.74, 6) is 0.289. The Morgan fingerprint density at radius 1 is 1.30 bits per heavy atom. The number of hydrogen-bond donors (Lipinski definition) is 2. The fraction of sp³-hybridized carbons (Fsp3) is 0.640. The van der Waals surface area contributed by atoms with Crippen molar-refractivity contribution in [2.75, 3.05) is 33.2 Å². The van der Waals surface area contributed by atoms with Gasteiger partial charge in [0.05, 0.1) is 5.56 Å². The van der Waals surface area contributed by atoms with Crippen LogP contribution < -0.4 is 0 Å². The van der Waals surface area contributed by atoms with Crippen molar-refractivity contribution in [1.82, 2.24) is 14.8 Å². The van der Waals surface area contributed by atoms with Crippen LogP contribution in [0.1, 0.15) is 55.3 Å². The number of likely N-dealkylation sites (N-methyl/N-ethyl adjacent to an activating group) is 1. The normalized spacial score (nSPS) is 31.0. The number of H-pyrrole nitrogens is 1. The number of nitrogens with one attached hydrogen (secondary N) is 1. The smallest absolute Gasteiger partial charge is 0.416 e. The Morgan fingerprint density at radius 2 is 2.09 bits per heavy atom. The van der Waals surface area contributed by atoms with Crippen molar-refractivity contribution in [1.29, 1.82) is 0 Å². The Bertz CT molecular complexity index is 1070. The lowest BCUT2D eigenvalue weighted by Crippen LogP contribution is -2.52. The molecule has 4 atom stereocenters. The van der Waals surface area contributed by atoms with E-state index in [1.807, 2.05) is 11.9 Å². The van der Waals surface area contributed by atoms with Crippen LogP contribution in [0, 0.1) is 11.8 Å². The van der Waals surface area contributed by atoms with Crippen molar-refractivity contribution >= 4 is 16.9 Å². The van der Waals surface area contributed by atoms with E-state index in [1.54, 1.807) is 6.07 Å². The van der Waals surface area contributed by atoms with Crippen LogP contribution in [-0.4, -0.2) is 64.6 Å². The first-order valence-electron chi connectivity index (χ1n) is 12.0. The maximum atomic E-state index is 13.3. The highest BCUT2D eigenvalue weighted by Gasteiger charge is 2.46. The van der Waals surface area contributed by atoms with Crippen molar-refractivity contribution in [2.45, 2.75) is 56.7 Å². The number of carbonyl (C=O) groups is 1. The summed E-state index contributed by atoms with van der Waals surface area (Å²) in [7, 11) is 1.91. The number of carboxylic acid groups (broad SMARTS) is 1. The molecule has 5 nitrogen and oxygen atoms in total. The van der Waals surface area contributed by atoms with E-state index in [2.05, 4.69) is 16.8 Å². The lowest BCUT2D eigenvalue weighted by atomic mass is 9.68. The second kappa shape index (κ2) is 8.01. The molecule has 1 unspecified atom stereocenters. The summed E-state index contributed by atoms with van der Waals surface area (Å²) in [6.07, 6.45) is -0.238. The first-order valence-corrected chi connectivity index (χ1v) is 12.0. The average Bonchev–Trinajstić information content (AvgIpc) is 3.32. The molecule has 0 amide bonds. The number of aliphatic carboxylic acids is 1. The average molecular weight is 464 g/mol. The maximum Gasteiger partial charge on any atom is 0.416 e. The molecule has 0 spiro atoms. The Hall–Kier alpha value is -2.06. The Kier molecular flexibility index (Phi) is 5.52. The molecule has 8 heteroatoms. The monoisotopic (exact) mass is 463 g/mol. The Labute approximate surface area is 191 Å². The van der Waals surface area contributed by atoms with Gasteiger partial charge in [-0.05, 0) is 93.8 Å². The van der Waals surface area contributed by atoms with Gasteiger partial charge in [0.2, 0.25) is 0 Å². The number of halogens is 3. The third-order valence-corrected chi connectivity index (χ3v) is 8.76. The lowest BCUT2D eigenvalue weighted by Gasteiger charge is -2.45. The zero-order valence-corrected chi connectivity index (χ0v) is 19.2. The van der Waals surface area contributed by atoms with Gasteiger partial charge in [-0.1, -0.05) is 6.92 Å². The van der Waals surface area contributed by atoms with Gasteiger partial charge in [-0.25, -0.2) is 0 Å². The van der Waals surface area contributed by atoms with Crippen LogP contribution in [0.4, 0.5) is 13.2 Å². The number of aromatic amines is 1. The number of hydrogen-bond acceptors (Lipinski definition) is 3. The van der Waals surface area contributed by atoms with E-state index in [4.69, 9.17) is 0 Å². The molecule has 1 aromatic heterocycles. The fourth-order valence-electron chi connectivity index (χ4n) is 6.78. The van der Waals surface area contributed by atoms with Crippen molar-refractivity contribution < 1.29 is 23.1 Å². The first-order chi connectivity index (χ1) is 15.6. The summed E-state index contributed by atoms with van der Waals surface area (Å²) in [6.45, 7) is 5.52. The van der Waals surface area contributed by atoms with Gasteiger partial charge in [-0.15, -0.1) is 0 Å². The van der Waals surface area contributed by atoms with Gasteiger partial charge in [0.1, 0.15) is 5.54 Å². The quantitative estimate of drug-likeness (QED) is 0.689. The highest BCUT2D eigenvalue weighted by Crippen LogP contribution is 2.47. The van der Waals surface area contributed by atoms with Gasteiger partial charge < -0.3 is 15.0 Å². The van der Waals surface area contributed by atoms with Gasteiger partial charge in [0.25, 0.3) is 0 Å². The second-order valence-electron chi connectivity index (χ2n) is 10.4. The molecule has 1 aliphatic carbocycles. The van der Waals surface area contributed by atoms with Crippen molar-refractivity contribution in [3.05, 3.63) is 35.0 Å². The minimum absolute atomic E-state index is 0.154. The number of rotatable bonds is 4. The van der Waals surface area contributed by atoms with Crippen molar-refractivity contribution in [3.63, 3.8) is 0 Å². The third-order valence-electron chi connectivity index (χ3n) is 8.76. The fourth-order valence-corrected chi connectivity index (χ4v) is 6.78. The Balaban J connectivity index is 1.36. The number of aromatic nitrogens is 1. The first kappa shape index (κ1) is 22.7. The summed E-state index contributed by atoms with van der Waals surface area (Å²) < 4.78 is 40.0. The molecule has 2 aromatic rings. The van der Waals surface area contributed by atoms with Crippen LogP contribution >= 0.6 is 0 Å². The van der Waals surface area contributed by atoms with Crippen molar-refractivity contribution in [3.8, 4) is 0 Å². The van der Waals surface area contributed by atoms with Crippen LogP contribution in [0.5, 0.6) is 0 Å². The predicted molar refractivity (Wildman–Crippen MR) is 120 cm³/mol. The molecule has 3 heterocycles. The molecule has 33 heavy (non-hydrogen) atoms. The zero-order valence-electron chi connectivity index (χ0n) is 19.2. The molecule has 0 radical (unpaired) electrons. The van der Waals surface area contributed by atoms with Crippen LogP contribution in [-0.2, 0) is 17.4 Å². The van der Waals surface area contributed by atoms with Crippen LogP contribution in [0.15, 0.2) is 18.2 Å². The third kappa shape index (κ3) is 3.75. The van der Waals surface area contributed by atoms with Gasteiger partial charge in [-0.3, -0.25) is 9.69 Å². The molecule has 1 aromatic carbocycles. The molecule has 2 fully saturated rings. The molecule has 2 aliphatic heterocycles. The van der Waals surface area contributed by atoms with E-state index in [9.17, 15) is 23.1 Å². The van der Waals surface area contributed by atoms with E-state index in [-0.39, 0.29) is 5.92 Å². The number of benzene rings is 1. The molecular weight excluding hydrogens is 431 g/mol. The molecule has 3 aliphatic rings. The lowest BCUT2D eigenvalue weighted by molar-refractivity contribution is -0.149. The summed E-state index contributed by atoms with van der Waals surface area (Å²) >= 11 is 0. The number of piperidine rings is 1. The largest absolute Gasteiger partial charge is 0.480 e. The van der Waals surface area contributed by atoms with Gasteiger partial charge in [-0.2, -0.15) is 13.2 Å². The minimum Gasteiger partial charge on any atom is -0.480 e. The Morgan fingerprint density at radius 3 is 2.76 bits per heavy atom. The SMILES string of the molecule is C[C@H]1c2c([nH]c3ccc(C(F)(F)F)cc23)C[C@H]2CCN(CCC3(C(=O)O)CCCN3C)C[C@@H]21. The summed E-state index contributed by atoms with van der Waals surface area (Å²) in [6, 6.07) is 4.01. The summed E-state index contributed by atoms with van der Waals surface area (Å²) in [4.78, 5) is 19.8.